The fourth-order valence-corrected chi connectivity index (χ4v) is 2.05. The van der Waals surface area contributed by atoms with Crippen LogP contribution in [0, 0.1) is 5.92 Å². The van der Waals surface area contributed by atoms with Crippen molar-refractivity contribution in [2.24, 2.45) is 5.92 Å². The van der Waals surface area contributed by atoms with Gasteiger partial charge in [-0.2, -0.15) is 0 Å². The van der Waals surface area contributed by atoms with Crippen LogP contribution >= 0.6 is 0 Å². The van der Waals surface area contributed by atoms with Crippen molar-refractivity contribution in [1.29, 1.82) is 0 Å². The number of hydrogen-bond donors (Lipinski definition) is 1. The van der Waals surface area contributed by atoms with E-state index in [4.69, 9.17) is 18.9 Å². The maximum absolute atomic E-state index is 12.0. The van der Waals surface area contributed by atoms with Gasteiger partial charge < -0.3 is 24.1 Å². The third-order valence-electron chi connectivity index (χ3n) is 3.12. The summed E-state index contributed by atoms with van der Waals surface area (Å²) >= 11 is 0. The van der Waals surface area contributed by atoms with Crippen molar-refractivity contribution in [3.63, 3.8) is 0 Å². The van der Waals surface area contributed by atoms with E-state index in [-0.39, 0.29) is 36.9 Å². The minimum Gasteiger partial charge on any atom is -0.502 e. The van der Waals surface area contributed by atoms with Gasteiger partial charge in [0, 0.05) is 0 Å². The summed E-state index contributed by atoms with van der Waals surface area (Å²) in [5.74, 6) is -2.18. The molecule has 0 saturated carbocycles. The zero-order valence-electron chi connectivity index (χ0n) is 13.8. The fourth-order valence-electron chi connectivity index (χ4n) is 2.05. The summed E-state index contributed by atoms with van der Waals surface area (Å²) in [6, 6.07) is 3.06. The molecule has 0 spiro atoms. The molecule has 1 aromatic rings. The predicted octanol–water partition coefficient (Wildman–Crippen LogP) is 1.69. The molecule has 0 saturated heterocycles. The van der Waals surface area contributed by atoms with E-state index in [1.807, 2.05) is 0 Å². The Kier molecular flexibility index (Phi) is 7.18. The van der Waals surface area contributed by atoms with Gasteiger partial charge in [0.15, 0.2) is 17.4 Å². The zero-order chi connectivity index (χ0) is 17.4. The van der Waals surface area contributed by atoms with Crippen molar-refractivity contribution in [3.8, 4) is 17.2 Å². The first kappa shape index (κ1) is 18.6. The number of phenolic OH excluding ortho intramolecular Hbond substituents is 1. The van der Waals surface area contributed by atoms with Crippen LogP contribution in [-0.2, 0) is 25.5 Å². The molecule has 0 aliphatic rings. The molecule has 0 heterocycles. The average Bonchev–Trinajstić information content (AvgIpc) is 2.53. The Labute approximate surface area is 135 Å². The number of aromatic hydroxyl groups is 1. The first-order valence-electron chi connectivity index (χ1n) is 7.25. The van der Waals surface area contributed by atoms with Crippen LogP contribution in [0.2, 0.25) is 0 Å². The number of hydrogen-bond acceptors (Lipinski definition) is 7. The predicted molar refractivity (Wildman–Crippen MR) is 81.7 cm³/mol. The van der Waals surface area contributed by atoms with Gasteiger partial charge in [-0.05, 0) is 38.0 Å². The summed E-state index contributed by atoms with van der Waals surface area (Å²) in [5.41, 5.74) is 0.572. The fraction of sp³-hybridized carbons (Fsp3) is 0.500. The number of carbonyl (C=O) groups excluding carboxylic acids is 2. The highest BCUT2D eigenvalue weighted by Crippen LogP contribution is 2.37. The number of benzene rings is 1. The van der Waals surface area contributed by atoms with Gasteiger partial charge in [-0.1, -0.05) is 0 Å². The topological polar surface area (TPSA) is 91.3 Å². The first-order valence-corrected chi connectivity index (χ1v) is 7.25. The Hall–Kier alpha value is -2.44. The van der Waals surface area contributed by atoms with Crippen LogP contribution < -0.4 is 9.47 Å². The number of ether oxygens (including phenoxy) is 4. The number of methoxy groups -OCH3 is 2. The van der Waals surface area contributed by atoms with Gasteiger partial charge in [0.25, 0.3) is 0 Å². The van der Waals surface area contributed by atoms with E-state index >= 15 is 0 Å². The Morgan fingerprint density at radius 3 is 1.78 bits per heavy atom. The van der Waals surface area contributed by atoms with E-state index in [1.54, 1.807) is 13.8 Å². The number of phenols is 1. The molecular weight excluding hydrogens is 304 g/mol. The van der Waals surface area contributed by atoms with Crippen LogP contribution in [0.25, 0.3) is 0 Å². The van der Waals surface area contributed by atoms with Crippen LogP contribution in [0.4, 0.5) is 0 Å². The van der Waals surface area contributed by atoms with E-state index in [0.29, 0.717) is 5.56 Å². The second kappa shape index (κ2) is 8.87. The van der Waals surface area contributed by atoms with Crippen molar-refractivity contribution in [3.05, 3.63) is 17.7 Å². The highest BCUT2D eigenvalue weighted by molar-refractivity contribution is 5.95. The van der Waals surface area contributed by atoms with Crippen molar-refractivity contribution < 1.29 is 33.6 Å². The molecule has 7 heteroatoms. The van der Waals surface area contributed by atoms with E-state index in [0.717, 1.165) is 0 Å². The van der Waals surface area contributed by atoms with Crippen LogP contribution in [0.3, 0.4) is 0 Å². The molecule has 0 aliphatic carbocycles. The lowest BCUT2D eigenvalue weighted by molar-refractivity contribution is -0.161. The van der Waals surface area contributed by atoms with Crippen molar-refractivity contribution in [2.45, 2.75) is 20.3 Å². The first-order chi connectivity index (χ1) is 11.0. The highest BCUT2D eigenvalue weighted by Gasteiger charge is 2.30. The van der Waals surface area contributed by atoms with Gasteiger partial charge in [0.1, 0.15) is 0 Å². The third-order valence-corrected chi connectivity index (χ3v) is 3.12. The van der Waals surface area contributed by atoms with Gasteiger partial charge >= 0.3 is 11.9 Å². The Morgan fingerprint density at radius 2 is 1.43 bits per heavy atom. The lowest BCUT2D eigenvalue weighted by Crippen LogP contribution is -2.30. The molecule has 0 fully saturated rings. The smallest absolute Gasteiger partial charge is 0.320 e. The molecule has 0 unspecified atom stereocenters. The quantitative estimate of drug-likeness (QED) is 0.574. The standard InChI is InChI=1S/C16H22O7/c1-5-22-15(18)11(16(19)23-6-2)7-10-8-12(20-3)14(17)13(9-10)21-4/h8-9,11,17H,5-7H2,1-4H3. The molecule has 7 nitrogen and oxygen atoms in total. The lowest BCUT2D eigenvalue weighted by Gasteiger charge is -2.16. The van der Waals surface area contributed by atoms with Gasteiger partial charge in [-0.15, -0.1) is 0 Å². The second-order valence-corrected chi connectivity index (χ2v) is 4.61. The van der Waals surface area contributed by atoms with E-state index in [9.17, 15) is 14.7 Å². The average molecular weight is 326 g/mol. The van der Waals surface area contributed by atoms with Crippen molar-refractivity contribution in [2.75, 3.05) is 27.4 Å². The highest BCUT2D eigenvalue weighted by atomic mass is 16.6. The molecule has 1 aromatic carbocycles. The molecular formula is C16H22O7. The third kappa shape index (κ3) is 4.77. The van der Waals surface area contributed by atoms with Crippen LogP contribution in [0.1, 0.15) is 19.4 Å². The summed E-state index contributed by atoms with van der Waals surface area (Å²) in [6.07, 6.45) is 0.0463. The number of rotatable bonds is 8. The molecule has 0 aromatic heterocycles. The lowest BCUT2D eigenvalue weighted by atomic mass is 9.98. The monoisotopic (exact) mass is 326 g/mol. The zero-order valence-corrected chi connectivity index (χ0v) is 13.8. The second-order valence-electron chi connectivity index (χ2n) is 4.61. The van der Waals surface area contributed by atoms with Crippen LogP contribution in [-0.4, -0.2) is 44.5 Å². The molecule has 1 N–H and O–H groups in total. The summed E-state index contributed by atoms with van der Waals surface area (Å²) in [6.45, 7) is 3.65. The van der Waals surface area contributed by atoms with Gasteiger partial charge in [-0.25, -0.2) is 0 Å². The number of esters is 2. The minimum absolute atomic E-state index is 0.0463. The largest absolute Gasteiger partial charge is 0.502 e. The molecule has 1 rings (SSSR count). The molecule has 0 amide bonds. The van der Waals surface area contributed by atoms with Gasteiger partial charge in [-0.3, -0.25) is 9.59 Å². The summed E-state index contributed by atoms with van der Waals surface area (Å²) in [7, 11) is 2.79. The molecule has 128 valence electrons. The number of carbonyl (C=O) groups is 2. The molecule has 0 radical (unpaired) electrons. The van der Waals surface area contributed by atoms with Gasteiger partial charge in [0.2, 0.25) is 5.75 Å². The van der Waals surface area contributed by atoms with E-state index in [1.165, 1.54) is 26.4 Å². The van der Waals surface area contributed by atoms with E-state index in [2.05, 4.69) is 0 Å². The van der Waals surface area contributed by atoms with Gasteiger partial charge in [0.05, 0.1) is 27.4 Å². The minimum atomic E-state index is -1.09. The Balaban J connectivity index is 3.11. The summed E-state index contributed by atoms with van der Waals surface area (Å²) in [5, 5.41) is 9.90. The Bertz CT molecular complexity index is 510. The normalized spacial score (nSPS) is 10.3. The SMILES string of the molecule is CCOC(=O)C(Cc1cc(OC)c(O)c(OC)c1)C(=O)OCC. The maximum Gasteiger partial charge on any atom is 0.320 e. The van der Waals surface area contributed by atoms with E-state index < -0.39 is 17.9 Å². The summed E-state index contributed by atoms with van der Waals surface area (Å²) in [4.78, 5) is 24.0. The van der Waals surface area contributed by atoms with Crippen LogP contribution in [0.15, 0.2) is 12.1 Å². The molecule has 0 bridgehead atoms. The van der Waals surface area contributed by atoms with Crippen molar-refractivity contribution >= 4 is 11.9 Å². The Morgan fingerprint density at radius 1 is 1.00 bits per heavy atom. The molecule has 0 aliphatic heterocycles. The van der Waals surface area contributed by atoms with Crippen molar-refractivity contribution in [1.82, 2.24) is 0 Å². The molecule has 23 heavy (non-hydrogen) atoms. The molecule has 0 atom stereocenters. The summed E-state index contributed by atoms with van der Waals surface area (Å²) < 4.78 is 20.0. The van der Waals surface area contributed by atoms with Crippen LogP contribution in [0.5, 0.6) is 17.2 Å². The maximum atomic E-state index is 12.0.